The minimum Gasteiger partial charge on any atom is -0.431 e. The molecular weight excluding hydrogens is 596 g/mol. The first-order valence-corrected chi connectivity index (χ1v) is 15.4. The molecule has 1 unspecified atom stereocenters. The van der Waals surface area contributed by atoms with E-state index < -0.39 is 42.6 Å². The number of benzene rings is 1. The summed E-state index contributed by atoms with van der Waals surface area (Å²) in [4.78, 5) is 47.3. The van der Waals surface area contributed by atoms with Crippen molar-refractivity contribution in [3.05, 3.63) is 53.3 Å². The van der Waals surface area contributed by atoms with Gasteiger partial charge in [-0.05, 0) is 67.9 Å². The van der Waals surface area contributed by atoms with Gasteiger partial charge in [-0.15, -0.1) is 0 Å². The number of hydrogen-bond acceptors (Lipinski definition) is 6. The number of pyridine rings is 1. The lowest BCUT2D eigenvalue weighted by Gasteiger charge is -2.34. The maximum Gasteiger partial charge on any atom is 0.387 e. The third-order valence-corrected chi connectivity index (χ3v) is 8.78. The Morgan fingerprint density at radius 2 is 1.69 bits per heavy atom. The molecule has 1 aliphatic heterocycles. The van der Waals surface area contributed by atoms with Gasteiger partial charge in [0.15, 0.2) is 11.5 Å². The number of ether oxygens (including phenoxy) is 2. The highest BCUT2D eigenvalue weighted by Gasteiger charge is 2.39. The maximum atomic E-state index is 13.6. The Balaban J connectivity index is 1.25. The molecule has 244 valence electrons. The van der Waals surface area contributed by atoms with Crippen molar-refractivity contribution in [1.29, 1.82) is 0 Å². The van der Waals surface area contributed by atoms with Crippen LogP contribution in [-0.4, -0.2) is 70.9 Å². The molecule has 2 aromatic rings. The quantitative estimate of drug-likeness (QED) is 0.310. The van der Waals surface area contributed by atoms with Gasteiger partial charge in [-0.25, -0.2) is 4.98 Å². The van der Waals surface area contributed by atoms with Crippen molar-refractivity contribution in [2.45, 2.75) is 96.1 Å². The minimum atomic E-state index is -3.27. The van der Waals surface area contributed by atoms with Crippen molar-refractivity contribution in [2.24, 2.45) is 5.92 Å². The number of nitrogens with zero attached hydrogens (tertiary/aromatic N) is 3. The number of carbonyl (C=O) groups is 3. The number of likely N-dealkylation sites (tertiary alicyclic amines) is 1. The molecule has 2 aliphatic carbocycles. The molecule has 0 radical (unpaired) electrons. The van der Waals surface area contributed by atoms with Gasteiger partial charge in [0.1, 0.15) is 11.7 Å². The van der Waals surface area contributed by atoms with Crippen LogP contribution in [0.1, 0.15) is 86.0 Å². The number of amides is 3. The Morgan fingerprint density at radius 1 is 0.978 bits per heavy atom. The Kier molecular flexibility index (Phi) is 10.4. The molecule has 3 aliphatic rings. The number of rotatable bonds is 12. The first-order valence-electron chi connectivity index (χ1n) is 15.4. The normalized spacial score (nSPS) is 20.4. The fraction of sp³-hybridized carbons (Fsp3) is 0.562. The molecule has 0 bridgehead atoms. The summed E-state index contributed by atoms with van der Waals surface area (Å²) in [6.07, 6.45) is 7.85. The van der Waals surface area contributed by atoms with Crippen molar-refractivity contribution in [2.75, 3.05) is 13.1 Å². The van der Waals surface area contributed by atoms with Gasteiger partial charge in [0, 0.05) is 32.0 Å². The number of aromatic nitrogens is 1. The van der Waals surface area contributed by atoms with Gasteiger partial charge in [-0.2, -0.15) is 17.6 Å². The highest BCUT2D eigenvalue weighted by Crippen LogP contribution is 2.38. The third kappa shape index (κ3) is 8.43. The second-order valence-corrected chi connectivity index (χ2v) is 12.0. The summed E-state index contributed by atoms with van der Waals surface area (Å²) < 4.78 is 60.1. The summed E-state index contributed by atoms with van der Waals surface area (Å²) in [5.74, 6) is -1.92. The van der Waals surface area contributed by atoms with Crippen molar-refractivity contribution < 1.29 is 41.4 Å². The molecule has 0 spiro atoms. The molecule has 2 saturated carbocycles. The minimum absolute atomic E-state index is 0.0327. The zero-order valence-corrected chi connectivity index (χ0v) is 25.1. The van der Waals surface area contributed by atoms with Gasteiger partial charge in [0.25, 0.3) is 5.91 Å². The first-order chi connectivity index (χ1) is 21.6. The molecule has 9 nitrogen and oxygen atoms in total. The Bertz CT molecular complexity index is 1370. The molecule has 5 rings (SSSR count). The molecule has 1 aromatic carbocycles. The van der Waals surface area contributed by atoms with E-state index in [4.69, 9.17) is 0 Å². The standard InChI is InChI=1S/C32H38F4N4O5/c1-19(41)39-18-22(21-12-13-27(44-31(33)34)28(15-21)45-32(35)36)14-26(39)29(42)37-16-23-6-5-9-25(38-23)30(43)40(17-20-10-11-20)24-7-3-2-4-8-24/h5-6,9,12-13,15,20,22,24,26,31-32H,2-4,7-8,10-11,14,16-18H2,1H3,(H,37,42)/t22?,26-/m1/s1. The Morgan fingerprint density at radius 3 is 2.36 bits per heavy atom. The summed E-state index contributed by atoms with van der Waals surface area (Å²) in [5, 5.41) is 2.82. The van der Waals surface area contributed by atoms with Crippen LogP contribution in [0.3, 0.4) is 0 Å². The number of alkyl halides is 4. The number of carbonyl (C=O) groups excluding carboxylic acids is 3. The molecule has 2 heterocycles. The van der Waals surface area contributed by atoms with Gasteiger partial charge >= 0.3 is 13.2 Å². The van der Waals surface area contributed by atoms with Crippen LogP contribution in [0.2, 0.25) is 0 Å². The van der Waals surface area contributed by atoms with Crippen LogP contribution in [0, 0.1) is 5.92 Å². The van der Waals surface area contributed by atoms with Crippen molar-refractivity contribution in [3.63, 3.8) is 0 Å². The molecule has 2 atom stereocenters. The van der Waals surface area contributed by atoms with Gasteiger partial charge in [0.05, 0.1) is 12.2 Å². The van der Waals surface area contributed by atoms with E-state index in [2.05, 4.69) is 19.8 Å². The van der Waals surface area contributed by atoms with Crippen LogP contribution in [0.15, 0.2) is 36.4 Å². The predicted octanol–water partition coefficient (Wildman–Crippen LogP) is 5.49. The zero-order valence-electron chi connectivity index (χ0n) is 25.1. The van der Waals surface area contributed by atoms with Crippen LogP contribution in [0.5, 0.6) is 11.5 Å². The van der Waals surface area contributed by atoms with Gasteiger partial charge in [-0.1, -0.05) is 31.4 Å². The SMILES string of the molecule is CC(=O)N1CC(c2ccc(OC(F)F)c(OC(F)F)c2)C[C@@H]1C(=O)NCc1cccc(C(=O)N(CC2CC2)C2CCCCC2)n1. The van der Waals surface area contributed by atoms with E-state index in [0.29, 0.717) is 22.9 Å². The average molecular weight is 635 g/mol. The van der Waals surface area contributed by atoms with Gasteiger partial charge in [-0.3, -0.25) is 14.4 Å². The summed E-state index contributed by atoms with van der Waals surface area (Å²) in [5.41, 5.74) is 1.26. The lowest BCUT2D eigenvalue weighted by Crippen LogP contribution is -2.45. The van der Waals surface area contributed by atoms with Crippen molar-refractivity contribution in [1.82, 2.24) is 20.1 Å². The van der Waals surface area contributed by atoms with Crippen LogP contribution < -0.4 is 14.8 Å². The molecule has 13 heteroatoms. The second kappa shape index (κ2) is 14.5. The van der Waals surface area contributed by atoms with E-state index in [0.717, 1.165) is 51.1 Å². The third-order valence-electron chi connectivity index (χ3n) is 8.78. The summed E-state index contributed by atoms with van der Waals surface area (Å²) in [6, 6.07) is 8.20. The van der Waals surface area contributed by atoms with E-state index >= 15 is 0 Å². The average Bonchev–Trinajstić information content (AvgIpc) is 3.73. The molecule has 1 N–H and O–H groups in total. The smallest absolute Gasteiger partial charge is 0.387 e. The maximum absolute atomic E-state index is 13.6. The zero-order chi connectivity index (χ0) is 32.1. The van der Waals surface area contributed by atoms with Crippen molar-refractivity contribution >= 4 is 17.7 Å². The van der Waals surface area contributed by atoms with Crippen LogP contribution >= 0.6 is 0 Å². The van der Waals surface area contributed by atoms with Crippen LogP contribution in [0.4, 0.5) is 17.6 Å². The van der Waals surface area contributed by atoms with E-state index in [1.54, 1.807) is 18.2 Å². The lowest BCUT2D eigenvalue weighted by atomic mass is 9.93. The van der Waals surface area contributed by atoms with Gasteiger partial charge in [0.2, 0.25) is 11.8 Å². The molecule has 3 fully saturated rings. The van der Waals surface area contributed by atoms with E-state index in [1.807, 2.05) is 4.90 Å². The highest BCUT2D eigenvalue weighted by atomic mass is 19.3. The largest absolute Gasteiger partial charge is 0.431 e. The number of halogens is 4. The fourth-order valence-electron chi connectivity index (χ4n) is 6.34. The Labute approximate surface area is 259 Å². The summed E-state index contributed by atoms with van der Waals surface area (Å²) >= 11 is 0. The molecule has 3 amide bonds. The number of nitrogens with one attached hydrogen (secondary N) is 1. The monoisotopic (exact) mass is 634 g/mol. The lowest BCUT2D eigenvalue weighted by molar-refractivity contribution is -0.136. The van der Waals surface area contributed by atoms with E-state index in [-0.39, 0.29) is 37.4 Å². The van der Waals surface area contributed by atoms with E-state index in [1.165, 1.54) is 30.4 Å². The first kappa shape index (κ1) is 32.5. The molecular formula is C32H38F4N4O5. The summed E-state index contributed by atoms with van der Waals surface area (Å²) in [6.45, 7) is -4.30. The number of hydrogen-bond donors (Lipinski definition) is 1. The van der Waals surface area contributed by atoms with Crippen molar-refractivity contribution in [3.8, 4) is 11.5 Å². The molecule has 1 aromatic heterocycles. The predicted molar refractivity (Wildman–Crippen MR) is 155 cm³/mol. The van der Waals surface area contributed by atoms with Gasteiger partial charge < -0.3 is 24.6 Å². The van der Waals surface area contributed by atoms with Crippen LogP contribution in [0.25, 0.3) is 0 Å². The fourth-order valence-corrected chi connectivity index (χ4v) is 6.34. The van der Waals surface area contributed by atoms with E-state index in [9.17, 15) is 31.9 Å². The molecule has 45 heavy (non-hydrogen) atoms. The Hall–Kier alpha value is -3.90. The summed E-state index contributed by atoms with van der Waals surface area (Å²) in [7, 11) is 0. The second-order valence-electron chi connectivity index (χ2n) is 12.0. The van der Waals surface area contributed by atoms with Crippen LogP contribution in [-0.2, 0) is 16.1 Å². The molecule has 1 saturated heterocycles. The topological polar surface area (TPSA) is 101 Å². The highest BCUT2D eigenvalue weighted by molar-refractivity contribution is 5.92.